The number of hydrogen-bond acceptors (Lipinski definition) is 4. The van der Waals surface area contributed by atoms with E-state index in [-0.39, 0.29) is 5.91 Å². The molecule has 0 saturated carbocycles. The third-order valence-electron chi connectivity index (χ3n) is 3.37. The first-order chi connectivity index (χ1) is 11.2. The molecule has 1 heterocycles. The number of carbonyl (C=O) groups is 1. The first kappa shape index (κ1) is 17.2. The third-order valence-corrected chi connectivity index (χ3v) is 3.60. The molecule has 0 aliphatic carbocycles. The predicted molar refractivity (Wildman–Crippen MR) is 88.9 cm³/mol. The van der Waals surface area contributed by atoms with Crippen molar-refractivity contribution in [1.82, 2.24) is 9.88 Å². The Hall–Kier alpha value is -2.11. The van der Waals surface area contributed by atoms with E-state index in [9.17, 15) is 4.79 Å². The van der Waals surface area contributed by atoms with E-state index in [2.05, 4.69) is 4.98 Å². The number of rotatable bonds is 7. The molecule has 0 spiro atoms. The summed E-state index contributed by atoms with van der Waals surface area (Å²) in [5.74, 6) is 0.342. The number of amides is 1. The van der Waals surface area contributed by atoms with Gasteiger partial charge in [0.1, 0.15) is 5.75 Å². The molecule has 0 aliphatic heterocycles. The van der Waals surface area contributed by atoms with Crippen molar-refractivity contribution in [2.24, 2.45) is 0 Å². The molecule has 5 nitrogen and oxygen atoms in total. The van der Waals surface area contributed by atoms with Crippen molar-refractivity contribution in [3.8, 4) is 5.75 Å². The van der Waals surface area contributed by atoms with Crippen molar-refractivity contribution >= 4 is 17.5 Å². The Bertz CT molecular complexity index is 650. The van der Waals surface area contributed by atoms with E-state index in [4.69, 9.17) is 21.1 Å². The lowest BCUT2D eigenvalue weighted by molar-refractivity contribution is 0.0677. The standard InChI is InChI=1S/C17H19ClN2O3/c1-22-10-9-20(12-13-5-7-19-8-6-13)17(21)15-11-14(18)3-4-16(15)23-2/h3-8,11H,9-10,12H2,1-2H3. The molecule has 1 aromatic carbocycles. The molecule has 0 N–H and O–H groups in total. The highest BCUT2D eigenvalue weighted by Gasteiger charge is 2.20. The van der Waals surface area contributed by atoms with Gasteiger partial charge in [0.2, 0.25) is 0 Å². The Morgan fingerprint density at radius 2 is 1.96 bits per heavy atom. The van der Waals surface area contributed by atoms with Crippen LogP contribution in [0.25, 0.3) is 0 Å². The van der Waals surface area contributed by atoms with Gasteiger partial charge in [-0.2, -0.15) is 0 Å². The van der Waals surface area contributed by atoms with Crippen molar-refractivity contribution in [2.75, 3.05) is 27.4 Å². The second-order valence-electron chi connectivity index (χ2n) is 4.92. The number of ether oxygens (including phenoxy) is 2. The number of carbonyl (C=O) groups excluding carboxylic acids is 1. The van der Waals surface area contributed by atoms with Crippen LogP contribution < -0.4 is 4.74 Å². The van der Waals surface area contributed by atoms with Gasteiger partial charge in [-0.3, -0.25) is 9.78 Å². The van der Waals surface area contributed by atoms with Crippen molar-refractivity contribution in [1.29, 1.82) is 0 Å². The molecule has 1 amide bonds. The lowest BCUT2D eigenvalue weighted by Crippen LogP contribution is -2.33. The highest BCUT2D eigenvalue weighted by atomic mass is 35.5. The second kappa shape index (κ2) is 8.50. The van der Waals surface area contributed by atoms with Crippen molar-refractivity contribution in [2.45, 2.75) is 6.54 Å². The fourth-order valence-electron chi connectivity index (χ4n) is 2.18. The van der Waals surface area contributed by atoms with E-state index in [0.717, 1.165) is 5.56 Å². The molecule has 0 radical (unpaired) electrons. The second-order valence-corrected chi connectivity index (χ2v) is 5.36. The highest BCUT2D eigenvalue weighted by Crippen LogP contribution is 2.24. The van der Waals surface area contributed by atoms with Gasteiger partial charge in [0, 0.05) is 37.6 Å². The van der Waals surface area contributed by atoms with Gasteiger partial charge in [0.15, 0.2) is 0 Å². The van der Waals surface area contributed by atoms with Crippen LogP contribution in [0, 0.1) is 0 Å². The molecule has 0 fully saturated rings. The SMILES string of the molecule is COCCN(Cc1ccncc1)C(=O)c1cc(Cl)ccc1OC. The van der Waals surface area contributed by atoms with Gasteiger partial charge in [-0.05, 0) is 35.9 Å². The monoisotopic (exact) mass is 334 g/mol. The van der Waals surface area contributed by atoms with Crippen LogP contribution in [0.5, 0.6) is 5.75 Å². The van der Waals surface area contributed by atoms with E-state index in [1.807, 2.05) is 12.1 Å². The smallest absolute Gasteiger partial charge is 0.258 e. The van der Waals surface area contributed by atoms with Crippen LogP contribution >= 0.6 is 11.6 Å². The first-order valence-corrected chi connectivity index (χ1v) is 7.54. The zero-order valence-electron chi connectivity index (χ0n) is 13.2. The molecule has 1 aromatic heterocycles. The van der Waals surface area contributed by atoms with Gasteiger partial charge in [-0.15, -0.1) is 0 Å². The Balaban J connectivity index is 2.27. The van der Waals surface area contributed by atoms with Crippen LogP contribution in [-0.4, -0.2) is 43.2 Å². The average molecular weight is 335 g/mol. The van der Waals surface area contributed by atoms with E-state index in [0.29, 0.717) is 36.0 Å². The number of aromatic nitrogens is 1. The fraction of sp³-hybridized carbons (Fsp3) is 0.294. The molecule has 0 aliphatic rings. The molecular formula is C17H19ClN2O3. The summed E-state index contributed by atoms with van der Waals surface area (Å²) in [6, 6.07) is 8.76. The van der Waals surface area contributed by atoms with E-state index < -0.39 is 0 Å². The fourth-order valence-corrected chi connectivity index (χ4v) is 2.35. The van der Waals surface area contributed by atoms with Gasteiger partial charge in [-0.25, -0.2) is 0 Å². The first-order valence-electron chi connectivity index (χ1n) is 7.16. The van der Waals surface area contributed by atoms with E-state index >= 15 is 0 Å². The molecule has 2 rings (SSSR count). The minimum atomic E-state index is -0.154. The van der Waals surface area contributed by atoms with Crippen LogP contribution in [-0.2, 0) is 11.3 Å². The minimum Gasteiger partial charge on any atom is -0.496 e. The van der Waals surface area contributed by atoms with Crippen LogP contribution in [0.3, 0.4) is 0 Å². The molecule has 2 aromatic rings. The Morgan fingerprint density at radius 1 is 1.22 bits per heavy atom. The van der Waals surface area contributed by atoms with E-state index in [1.165, 1.54) is 7.11 Å². The number of benzene rings is 1. The van der Waals surface area contributed by atoms with Crippen molar-refractivity contribution in [3.63, 3.8) is 0 Å². The Morgan fingerprint density at radius 3 is 2.61 bits per heavy atom. The van der Waals surface area contributed by atoms with Crippen molar-refractivity contribution in [3.05, 3.63) is 58.9 Å². The van der Waals surface area contributed by atoms with Crippen LogP contribution in [0.15, 0.2) is 42.7 Å². The number of methoxy groups -OCH3 is 2. The summed E-state index contributed by atoms with van der Waals surface area (Å²) in [4.78, 5) is 18.6. The molecule has 0 saturated heterocycles. The summed E-state index contributed by atoms with van der Waals surface area (Å²) in [6.45, 7) is 1.37. The molecule has 0 atom stereocenters. The summed E-state index contributed by atoms with van der Waals surface area (Å²) in [5, 5.41) is 0.491. The van der Waals surface area contributed by atoms with Gasteiger partial charge >= 0.3 is 0 Å². The zero-order valence-corrected chi connectivity index (χ0v) is 13.9. The normalized spacial score (nSPS) is 10.4. The number of nitrogens with zero attached hydrogens (tertiary/aromatic N) is 2. The van der Waals surface area contributed by atoms with Crippen LogP contribution in [0.1, 0.15) is 15.9 Å². The van der Waals surface area contributed by atoms with E-state index in [1.54, 1.807) is 42.6 Å². The maximum absolute atomic E-state index is 12.9. The number of halogens is 1. The molecule has 6 heteroatoms. The predicted octanol–water partition coefficient (Wildman–Crippen LogP) is 3.03. The third kappa shape index (κ3) is 4.68. The number of hydrogen-bond donors (Lipinski definition) is 0. The summed E-state index contributed by atoms with van der Waals surface area (Å²) in [7, 11) is 3.14. The van der Waals surface area contributed by atoms with Gasteiger partial charge in [0.25, 0.3) is 5.91 Å². The largest absolute Gasteiger partial charge is 0.496 e. The lowest BCUT2D eigenvalue weighted by Gasteiger charge is -2.23. The Kier molecular flexibility index (Phi) is 6.38. The highest BCUT2D eigenvalue weighted by molar-refractivity contribution is 6.31. The van der Waals surface area contributed by atoms with Crippen molar-refractivity contribution < 1.29 is 14.3 Å². The van der Waals surface area contributed by atoms with Gasteiger partial charge < -0.3 is 14.4 Å². The molecule has 0 unspecified atom stereocenters. The quantitative estimate of drug-likeness (QED) is 0.781. The van der Waals surface area contributed by atoms with Crippen LogP contribution in [0.4, 0.5) is 0 Å². The molecule has 0 bridgehead atoms. The van der Waals surface area contributed by atoms with Gasteiger partial charge in [0.05, 0.1) is 19.3 Å². The number of pyridine rings is 1. The van der Waals surface area contributed by atoms with Crippen LogP contribution in [0.2, 0.25) is 5.02 Å². The zero-order chi connectivity index (χ0) is 16.7. The average Bonchev–Trinajstić information content (AvgIpc) is 2.58. The van der Waals surface area contributed by atoms with Gasteiger partial charge in [-0.1, -0.05) is 11.6 Å². The lowest BCUT2D eigenvalue weighted by atomic mass is 10.1. The minimum absolute atomic E-state index is 0.154. The molecular weight excluding hydrogens is 316 g/mol. The molecule has 23 heavy (non-hydrogen) atoms. The maximum atomic E-state index is 12.9. The summed E-state index contributed by atoms with van der Waals surface area (Å²) in [5.41, 5.74) is 1.43. The summed E-state index contributed by atoms with van der Waals surface area (Å²) < 4.78 is 10.4. The molecule has 122 valence electrons. The topological polar surface area (TPSA) is 51.7 Å². The summed E-state index contributed by atoms with van der Waals surface area (Å²) >= 11 is 6.03. The summed E-state index contributed by atoms with van der Waals surface area (Å²) in [6.07, 6.45) is 3.41. The Labute approximate surface area is 140 Å². The maximum Gasteiger partial charge on any atom is 0.258 e.